The predicted molar refractivity (Wildman–Crippen MR) is 80.2 cm³/mol. The SMILES string of the molecule is CCCCC(N)c1nc(-c2ccc(Cl)cc2)c(C)[nH]1. The third kappa shape index (κ3) is 3.37. The van der Waals surface area contributed by atoms with Gasteiger partial charge < -0.3 is 10.7 Å². The summed E-state index contributed by atoms with van der Waals surface area (Å²) in [5.41, 5.74) is 9.22. The fraction of sp³-hybridized carbons (Fsp3) is 0.400. The molecule has 0 spiro atoms. The Hall–Kier alpha value is -1.32. The number of benzene rings is 1. The number of aromatic amines is 1. The second-order valence-electron chi connectivity index (χ2n) is 4.85. The number of aromatic nitrogens is 2. The van der Waals surface area contributed by atoms with Crippen LogP contribution in [0.15, 0.2) is 24.3 Å². The van der Waals surface area contributed by atoms with Gasteiger partial charge in [-0.3, -0.25) is 0 Å². The van der Waals surface area contributed by atoms with Crippen molar-refractivity contribution in [1.29, 1.82) is 0 Å². The van der Waals surface area contributed by atoms with E-state index in [1.165, 1.54) is 0 Å². The molecule has 0 radical (unpaired) electrons. The zero-order valence-electron chi connectivity index (χ0n) is 11.4. The third-order valence-electron chi connectivity index (χ3n) is 3.24. The molecule has 2 rings (SSSR count). The van der Waals surface area contributed by atoms with Crippen LogP contribution in [0.2, 0.25) is 5.02 Å². The van der Waals surface area contributed by atoms with E-state index < -0.39 is 0 Å². The van der Waals surface area contributed by atoms with Gasteiger partial charge >= 0.3 is 0 Å². The van der Waals surface area contributed by atoms with Crippen LogP contribution in [0.25, 0.3) is 11.3 Å². The molecule has 3 nitrogen and oxygen atoms in total. The number of nitrogens with one attached hydrogen (secondary N) is 1. The van der Waals surface area contributed by atoms with E-state index in [0.717, 1.165) is 47.1 Å². The second kappa shape index (κ2) is 6.22. The number of imidazole rings is 1. The van der Waals surface area contributed by atoms with Gasteiger partial charge in [0.25, 0.3) is 0 Å². The van der Waals surface area contributed by atoms with Gasteiger partial charge in [-0.15, -0.1) is 0 Å². The summed E-state index contributed by atoms with van der Waals surface area (Å²) in [5, 5.41) is 0.733. The summed E-state index contributed by atoms with van der Waals surface area (Å²) in [6.07, 6.45) is 3.23. The molecule has 0 saturated heterocycles. The number of nitrogens with two attached hydrogens (primary N) is 1. The second-order valence-corrected chi connectivity index (χ2v) is 5.29. The van der Waals surface area contributed by atoms with E-state index in [2.05, 4.69) is 16.9 Å². The molecule has 3 N–H and O–H groups in total. The summed E-state index contributed by atoms with van der Waals surface area (Å²) < 4.78 is 0. The number of aryl methyl sites for hydroxylation is 1. The molecular formula is C15H20ClN3. The van der Waals surface area contributed by atoms with Crippen LogP contribution in [0.5, 0.6) is 0 Å². The van der Waals surface area contributed by atoms with E-state index in [0.29, 0.717) is 0 Å². The molecule has 1 aromatic carbocycles. The zero-order chi connectivity index (χ0) is 13.8. The van der Waals surface area contributed by atoms with Gasteiger partial charge in [0.1, 0.15) is 5.82 Å². The average Bonchev–Trinajstić information content (AvgIpc) is 2.79. The van der Waals surface area contributed by atoms with Crippen molar-refractivity contribution in [3.63, 3.8) is 0 Å². The van der Waals surface area contributed by atoms with Crippen LogP contribution >= 0.6 is 11.6 Å². The number of nitrogens with zero attached hydrogens (tertiary/aromatic N) is 1. The van der Waals surface area contributed by atoms with E-state index in [4.69, 9.17) is 17.3 Å². The fourth-order valence-electron chi connectivity index (χ4n) is 2.11. The van der Waals surface area contributed by atoms with E-state index >= 15 is 0 Å². The third-order valence-corrected chi connectivity index (χ3v) is 3.49. The molecule has 0 aliphatic heterocycles. The van der Waals surface area contributed by atoms with Gasteiger partial charge in [-0.1, -0.05) is 43.5 Å². The molecule has 1 atom stereocenters. The first-order valence-corrected chi connectivity index (χ1v) is 7.07. The lowest BCUT2D eigenvalue weighted by atomic mass is 10.1. The molecule has 19 heavy (non-hydrogen) atoms. The summed E-state index contributed by atoms with van der Waals surface area (Å²) in [5.74, 6) is 0.871. The Morgan fingerprint density at radius 3 is 2.63 bits per heavy atom. The average molecular weight is 278 g/mol. The Bertz CT molecular complexity index is 531. The molecule has 0 aliphatic carbocycles. The van der Waals surface area contributed by atoms with Crippen LogP contribution in [0.3, 0.4) is 0 Å². The van der Waals surface area contributed by atoms with Crippen LogP contribution < -0.4 is 5.73 Å². The molecule has 0 aliphatic rings. The first-order chi connectivity index (χ1) is 9.11. The van der Waals surface area contributed by atoms with Crippen LogP contribution in [0.1, 0.15) is 43.7 Å². The van der Waals surface area contributed by atoms with Crippen LogP contribution in [0, 0.1) is 6.92 Å². The van der Waals surface area contributed by atoms with Gasteiger partial charge in [-0.25, -0.2) is 4.98 Å². The first kappa shape index (κ1) is 14.1. The Morgan fingerprint density at radius 1 is 1.32 bits per heavy atom. The number of H-pyrrole nitrogens is 1. The number of rotatable bonds is 5. The molecule has 1 heterocycles. The summed E-state index contributed by atoms with van der Waals surface area (Å²) >= 11 is 5.90. The van der Waals surface area contributed by atoms with Gasteiger partial charge in [0.15, 0.2) is 0 Å². The number of hydrogen-bond donors (Lipinski definition) is 2. The standard InChI is InChI=1S/C15H20ClN3/c1-3-4-5-13(17)15-18-10(2)14(19-15)11-6-8-12(16)9-7-11/h6-9,13H,3-5,17H2,1-2H3,(H,18,19). The Labute approximate surface area is 119 Å². The van der Waals surface area contributed by atoms with Gasteiger partial charge in [-0.05, 0) is 25.5 Å². The monoisotopic (exact) mass is 277 g/mol. The van der Waals surface area contributed by atoms with Crippen molar-refractivity contribution in [2.24, 2.45) is 5.73 Å². The summed E-state index contributed by atoms with van der Waals surface area (Å²) in [6, 6.07) is 7.70. The largest absolute Gasteiger partial charge is 0.344 e. The lowest BCUT2D eigenvalue weighted by molar-refractivity contribution is 0.579. The van der Waals surface area contributed by atoms with Crippen molar-refractivity contribution >= 4 is 11.6 Å². The number of hydrogen-bond acceptors (Lipinski definition) is 2. The molecule has 0 bridgehead atoms. The normalized spacial score (nSPS) is 12.6. The van der Waals surface area contributed by atoms with Crippen molar-refractivity contribution < 1.29 is 0 Å². The van der Waals surface area contributed by atoms with E-state index in [9.17, 15) is 0 Å². The Kier molecular flexibility index (Phi) is 4.61. The molecular weight excluding hydrogens is 258 g/mol. The van der Waals surface area contributed by atoms with E-state index in [1.807, 2.05) is 31.2 Å². The zero-order valence-corrected chi connectivity index (χ0v) is 12.2. The maximum Gasteiger partial charge on any atom is 0.123 e. The Morgan fingerprint density at radius 2 is 2.00 bits per heavy atom. The van der Waals surface area contributed by atoms with Crippen molar-refractivity contribution in [2.45, 2.75) is 39.2 Å². The molecule has 102 valence electrons. The highest BCUT2D eigenvalue weighted by atomic mass is 35.5. The smallest absolute Gasteiger partial charge is 0.123 e. The molecule has 1 unspecified atom stereocenters. The van der Waals surface area contributed by atoms with Gasteiger partial charge in [0, 0.05) is 16.3 Å². The minimum atomic E-state index is -0.0142. The topological polar surface area (TPSA) is 54.7 Å². The maximum absolute atomic E-state index is 6.15. The highest BCUT2D eigenvalue weighted by Gasteiger charge is 2.14. The highest BCUT2D eigenvalue weighted by Crippen LogP contribution is 2.25. The number of halogens is 1. The summed E-state index contributed by atoms with van der Waals surface area (Å²) in [7, 11) is 0. The van der Waals surface area contributed by atoms with Crippen molar-refractivity contribution in [1.82, 2.24) is 9.97 Å². The summed E-state index contributed by atoms with van der Waals surface area (Å²) in [4.78, 5) is 7.94. The van der Waals surface area contributed by atoms with Gasteiger partial charge in [-0.2, -0.15) is 0 Å². The van der Waals surface area contributed by atoms with Crippen molar-refractivity contribution in [3.05, 3.63) is 40.8 Å². The van der Waals surface area contributed by atoms with Crippen LogP contribution in [0.4, 0.5) is 0 Å². The lowest BCUT2D eigenvalue weighted by Gasteiger charge is -2.06. The molecule has 0 amide bonds. The highest BCUT2D eigenvalue weighted by molar-refractivity contribution is 6.30. The molecule has 1 aromatic heterocycles. The first-order valence-electron chi connectivity index (χ1n) is 6.69. The Balaban J connectivity index is 2.23. The minimum absolute atomic E-state index is 0.0142. The molecule has 0 fully saturated rings. The fourth-order valence-corrected chi connectivity index (χ4v) is 2.23. The van der Waals surface area contributed by atoms with Gasteiger partial charge in [0.2, 0.25) is 0 Å². The maximum atomic E-state index is 6.15. The molecule has 2 aromatic rings. The van der Waals surface area contributed by atoms with Gasteiger partial charge in [0.05, 0.1) is 11.7 Å². The predicted octanol–water partition coefficient (Wildman–Crippen LogP) is 4.23. The summed E-state index contributed by atoms with van der Waals surface area (Å²) in [6.45, 7) is 4.19. The van der Waals surface area contributed by atoms with E-state index in [-0.39, 0.29) is 6.04 Å². The van der Waals surface area contributed by atoms with Crippen molar-refractivity contribution in [2.75, 3.05) is 0 Å². The quantitative estimate of drug-likeness (QED) is 0.859. The number of unbranched alkanes of at least 4 members (excludes halogenated alkanes) is 1. The van der Waals surface area contributed by atoms with E-state index in [1.54, 1.807) is 0 Å². The lowest BCUT2D eigenvalue weighted by Crippen LogP contribution is -2.11. The molecule has 4 heteroatoms. The van der Waals surface area contributed by atoms with Crippen LogP contribution in [-0.4, -0.2) is 9.97 Å². The van der Waals surface area contributed by atoms with Crippen molar-refractivity contribution in [3.8, 4) is 11.3 Å². The minimum Gasteiger partial charge on any atom is -0.344 e. The molecule has 0 saturated carbocycles. The van der Waals surface area contributed by atoms with Crippen LogP contribution in [-0.2, 0) is 0 Å².